The number of fused-ring (bicyclic) bond motifs is 1. The first-order chi connectivity index (χ1) is 19.3. The van der Waals surface area contributed by atoms with Crippen molar-refractivity contribution in [3.8, 4) is 11.5 Å². The molecule has 0 amide bonds. The van der Waals surface area contributed by atoms with Crippen LogP contribution in [-0.2, 0) is 16.1 Å². The number of aromatic nitrogens is 1. The number of allylic oxidation sites excluding steroid dienone is 1. The fourth-order valence-corrected chi connectivity index (χ4v) is 5.88. The van der Waals surface area contributed by atoms with Gasteiger partial charge in [0.25, 0.3) is 5.56 Å². The van der Waals surface area contributed by atoms with Crippen LogP contribution in [0.25, 0.3) is 6.08 Å². The maximum Gasteiger partial charge on any atom is 0.338 e. The molecule has 7 nitrogen and oxygen atoms in total. The van der Waals surface area contributed by atoms with E-state index >= 15 is 0 Å². The van der Waals surface area contributed by atoms with Crippen LogP contribution in [0.15, 0.2) is 87.8 Å². The number of nitrogens with zero attached hydrogens (tertiary/aromatic N) is 2. The Morgan fingerprint density at radius 3 is 2.50 bits per heavy atom. The van der Waals surface area contributed by atoms with Gasteiger partial charge in [-0.15, -0.1) is 0 Å². The summed E-state index contributed by atoms with van der Waals surface area (Å²) >= 11 is 1.29. The number of thiazole rings is 1. The predicted octanol–water partition coefficient (Wildman–Crippen LogP) is 4.61. The first-order valence-corrected chi connectivity index (χ1v) is 13.7. The lowest BCUT2D eigenvalue weighted by Crippen LogP contribution is -2.39. The molecule has 204 valence electrons. The summed E-state index contributed by atoms with van der Waals surface area (Å²) in [6, 6.07) is 20.5. The molecule has 0 N–H and O–H groups in total. The minimum atomic E-state index is -0.635. The largest absolute Gasteiger partial charge is 0.496 e. The highest BCUT2D eigenvalue weighted by molar-refractivity contribution is 7.07. The number of hydrogen-bond acceptors (Lipinski definition) is 7. The van der Waals surface area contributed by atoms with E-state index in [1.54, 1.807) is 18.6 Å². The summed E-state index contributed by atoms with van der Waals surface area (Å²) in [5.74, 6) is 1.01. The number of carbonyl (C=O) groups is 1. The number of hydrogen-bond donors (Lipinski definition) is 0. The van der Waals surface area contributed by atoms with Gasteiger partial charge in [-0.3, -0.25) is 9.36 Å². The minimum absolute atomic E-state index is 0.226. The molecule has 1 aliphatic heterocycles. The Bertz CT molecular complexity index is 1800. The normalized spacial score (nSPS) is 14.9. The molecule has 0 fully saturated rings. The Morgan fingerprint density at radius 1 is 1.00 bits per heavy atom. The summed E-state index contributed by atoms with van der Waals surface area (Å²) in [5, 5.41) is 0. The van der Waals surface area contributed by atoms with Crippen LogP contribution < -0.4 is 24.4 Å². The van der Waals surface area contributed by atoms with E-state index < -0.39 is 12.0 Å². The molecular formula is C32H30N2O5S. The Morgan fingerprint density at radius 2 is 1.77 bits per heavy atom. The fraction of sp³-hybridized carbons (Fsp3) is 0.219. The quantitative estimate of drug-likeness (QED) is 0.312. The number of esters is 1. The summed E-state index contributed by atoms with van der Waals surface area (Å²) in [7, 11) is 2.96. The third kappa shape index (κ3) is 5.10. The third-order valence-electron chi connectivity index (χ3n) is 7.08. The molecule has 5 rings (SSSR count). The van der Waals surface area contributed by atoms with E-state index in [0.29, 0.717) is 33.0 Å². The van der Waals surface area contributed by atoms with Gasteiger partial charge in [0, 0.05) is 5.56 Å². The first kappa shape index (κ1) is 27.1. The maximum atomic E-state index is 13.8. The number of carbonyl (C=O) groups excluding carboxylic acids is 1. The molecule has 0 bridgehead atoms. The summed E-state index contributed by atoms with van der Waals surface area (Å²) in [6.07, 6.45) is 1.84. The highest BCUT2D eigenvalue weighted by Crippen LogP contribution is 2.30. The van der Waals surface area contributed by atoms with E-state index in [1.807, 2.05) is 73.7 Å². The predicted molar refractivity (Wildman–Crippen MR) is 155 cm³/mol. The van der Waals surface area contributed by atoms with Crippen LogP contribution in [0.2, 0.25) is 0 Å². The molecule has 0 aliphatic carbocycles. The van der Waals surface area contributed by atoms with Gasteiger partial charge in [0.1, 0.15) is 18.1 Å². The molecule has 8 heteroatoms. The zero-order chi connectivity index (χ0) is 28.4. The van der Waals surface area contributed by atoms with Crippen molar-refractivity contribution >= 4 is 23.4 Å². The molecule has 1 atom stereocenters. The number of methoxy groups -OCH3 is 2. The molecule has 2 heterocycles. The summed E-state index contributed by atoms with van der Waals surface area (Å²) in [6.45, 7) is 6.17. The van der Waals surface area contributed by atoms with Crippen molar-refractivity contribution in [1.82, 2.24) is 4.57 Å². The summed E-state index contributed by atoms with van der Waals surface area (Å²) in [4.78, 5) is 31.8. The second kappa shape index (κ2) is 11.4. The summed E-state index contributed by atoms with van der Waals surface area (Å²) < 4.78 is 18.9. The smallest absolute Gasteiger partial charge is 0.338 e. The van der Waals surface area contributed by atoms with Crippen molar-refractivity contribution in [3.05, 3.63) is 126 Å². The van der Waals surface area contributed by atoms with Crippen LogP contribution in [-0.4, -0.2) is 24.8 Å². The van der Waals surface area contributed by atoms with Gasteiger partial charge < -0.3 is 14.2 Å². The highest BCUT2D eigenvalue weighted by Gasteiger charge is 2.32. The Kier molecular flexibility index (Phi) is 7.71. The topological polar surface area (TPSA) is 79.1 Å². The molecule has 1 aromatic heterocycles. The number of rotatable bonds is 7. The standard InChI is InChI=1S/C32H30N2O5S/c1-19-10-9-13-25(20(19)2)39-18-24-16-22(14-15-26(24)37-4)17-27-30(35)34-29(23-11-7-6-8-12-23)28(31(36)38-5)21(3)33-32(34)40-27/h6-17,29H,18H2,1-5H3. The SMILES string of the molecule is COC(=O)C1=C(C)N=c2sc(=Cc3ccc(OC)c(COc4cccc(C)c4C)c3)c(=O)n2C1c1ccccc1. The van der Waals surface area contributed by atoms with Crippen molar-refractivity contribution in [2.45, 2.75) is 33.4 Å². The molecule has 3 aromatic carbocycles. The van der Waals surface area contributed by atoms with E-state index in [2.05, 4.69) is 18.0 Å². The van der Waals surface area contributed by atoms with Gasteiger partial charge in [-0.25, -0.2) is 9.79 Å². The van der Waals surface area contributed by atoms with Gasteiger partial charge in [-0.1, -0.05) is 59.9 Å². The fourth-order valence-electron chi connectivity index (χ4n) is 4.83. The third-order valence-corrected chi connectivity index (χ3v) is 8.07. The average Bonchev–Trinajstić information content (AvgIpc) is 3.27. The van der Waals surface area contributed by atoms with Crippen molar-refractivity contribution in [1.29, 1.82) is 0 Å². The van der Waals surface area contributed by atoms with Gasteiger partial charge in [0.05, 0.1) is 36.1 Å². The van der Waals surface area contributed by atoms with Gasteiger partial charge in [-0.05, 0) is 67.3 Å². The van der Waals surface area contributed by atoms with Crippen molar-refractivity contribution < 1.29 is 19.0 Å². The molecule has 0 saturated carbocycles. The summed E-state index contributed by atoms with van der Waals surface area (Å²) in [5.41, 5.74) is 5.39. The van der Waals surface area contributed by atoms with Crippen molar-refractivity contribution in [3.63, 3.8) is 0 Å². The molecule has 40 heavy (non-hydrogen) atoms. The highest BCUT2D eigenvalue weighted by atomic mass is 32.1. The Labute approximate surface area is 236 Å². The van der Waals surface area contributed by atoms with Gasteiger partial charge in [0.2, 0.25) is 0 Å². The average molecular weight is 555 g/mol. The minimum Gasteiger partial charge on any atom is -0.496 e. The van der Waals surface area contributed by atoms with Gasteiger partial charge >= 0.3 is 5.97 Å². The first-order valence-electron chi connectivity index (χ1n) is 12.8. The van der Waals surface area contributed by atoms with E-state index in [-0.39, 0.29) is 5.56 Å². The van der Waals surface area contributed by atoms with Crippen LogP contribution >= 0.6 is 11.3 Å². The van der Waals surface area contributed by atoms with Crippen molar-refractivity contribution in [2.75, 3.05) is 14.2 Å². The lowest BCUT2D eigenvalue weighted by atomic mass is 9.96. The van der Waals surface area contributed by atoms with Crippen LogP contribution in [0, 0.1) is 13.8 Å². The van der Waals surface area contributed by atoms with E-state index in [0.717, 1.165) is 33.6 Å². The van der Waals surface area contributed by atoms with Crippen LogP contribution in [0.5, 0.6) is 11.5 Å². The Balaban J connectivity index is 1.57. The second-order valence-electron chi connectivity index (χ2n) is 9.54. The molecular weight excluding hydrogens is 524 g/mol. The van der Waals surface area contributed by atoms with Gasteiger partial charge in [-0.2, -0.15) is 0 Å². The van der Waals surface area contributed by atoms with Crippen molar-refractivity contribution in [2.24, 2.45) is 4.99 Å². The molecule has 1 aliphatic rings. The second-order valence-corrected chi connectivity index (χ2v) is 10.6. The van der Waals surface area contributed by atoms with Crippen LogP contribution in [0.3, 0.4) is 0 Å². The molecule has 0 saturated heterocycles. The van der Waals surface area contributed by atoms with E-state index in [1.165, 1.54) is 18.4 Å². The lowest BCUT2D eigenvalue weighted by molar-refractivity contribution is -0.136. The zero-order valence-corrected chi connectivity index (χ0v) is 23.9. The Hall–Kier alpha value is -4.43. The molecule has 0 radical (unpaired) electrons. The van der Waals surface area contributed by atoms with Crippen LogP contribution in [0.1, 0.15) is 40.8 Å². The number of ether oxygens (including phenoxy) is 3. The zero-order valence-electron chi connectivity index (χ0n) is 23.1. The van der Waals surface area contributed by atoms with Crippen LogP contribution in [0.4, 0.5) is 0 Å². The molecule has 4 aromatic rings. The molecule has 0 spiro atoms. The molecule has 1 unspecified atom stereocenters. The van der Waals surface area contributed by atoms with Gasteiger partial charge in [0.15, 0.2) is 4.80 Å². The number of benzene rings is 3. The van der Waals surface area contributed by atoms with E-state index in [9.17, 15) is 9.59 Å². The number of aryl methyl sites for hydroxylation is 1. The monoisotopic (exact) mass is 554 g/mol. The van der Waals surface area contributed by atoms with E-state index in [4.69, 9.17) is 14.2 Å². The maximum absolute atomic E-state index is 13.8. The lowest BCUT2D eigenvalue weighted by Gasteiger charge is -2.24.